The molecule has 1 amide bonds. The number of guanidine groups is 1. The second kappa shape index (κ2) is 10.0. The third kappa shape index (κ3) is 5.32. The van der Waals surface area contributed by atoms with Crippen LogP contribution < -0.4 is 16.0 Å². The number of carbonyl (C=O) groups excluding carboxylic acids is 1. The number of carbonyl (C=O) groups is 1. The molecule has 7 nitrogen and oxygen atoms in total. The Kier molecular flexibility index (Phi) is 7.99. The van der Waals surface area contributed by atoms with Crippen molar-refractivity contribution in [1.82, 2.24) is 10.2 Å². The number of hydrogen-bond acceptors (Lipinski definition) is 4. The van der Waals surface area contributed by atoms with Crippen LogP contribution >= 0.6 is 35.6 Å². The fourth-order valence-corrected chi connectivity index (χ4v) is 3.35. The molecule has 1 aliphatic heterocycles. The van der Waals surface area contributed by atoms with E-state index in [1.807, 2.05) is 18.2 Å². The highest BCUT2D eigenvalue weighted by molar-refractivity contribution is 14.0. The zero-order valence-electron chi connectivity index (χ0n) is 15.9. The van der Waals surface area contributed by atoms with Gasteiger partial charge in [0.05, 0.1) is 6.54 Å². The minimum absolute atomic E-state index is 0. The lowest BCUT2D eigenvalue weighted by Crippen LogP contribution is -2.52. The van der Waals surface area contributed by atoms with Crippen molar-refractivity contribution in [2.75, 3.05) is 38.1 Å². The summed E-state index contributed by atoms with van der Waals surface area (Å²) in [5.41, 5.74) is 7.61. The van der Waals surface area contributed by atoms with Gasteiger partial charge in [0.2, 0.25) is 0 Å². The maximum atomic E-state index is 11.1. The van der Waals surface area contributed by atoms with E-state index in [1.54, 1.807) is 19.2 Å². The second-order valence-corrected chi connectivity index (χ2v) is 6.87. The summed E-state index contributed by atoms with van der Waals surface area (Å²) < 4.78 is 5.40. The van der Waals surface area contributed by atoms with Crippen LogP contribution in [-0.2, 0) is 6.54 Å². The van der Waals surface area contributed by atoms with Crippen LogP contribution in [0.5, 0.6) is 0 Å². The molecule has 0 aliphatic carbocycles. The summed E-state index contributed by atoms with van der Waals surface area (Å²) >= 11 is 6.15. The van der Waals surface area contributed by atoms with Crippen molar-refractivity contribution in [3.63, 3.8) is 0 Å². The summed E-state index contributed by atoms with van der Waals surface area (Å²) in [6.07, 6.45) is 0. The Morgan fingerprint density at radius 3 is 2.57 bits per heavy atom. The molecule has 0 bridgehead atoms. The van der Waals surface area contributed by atoms with Crippen LogP contribution in [-0.4, -0.2) is 50.0 Å². The van der Waals surface area contributed by atoms with Crippen LogP contribution in [0.3, 0.4) is 0 Å². The second-order valence-electron chi connectivity index (χ2n) is 6.44. The van der Waals surface area contributed by atoms with E-state index < -0.39 is 5.91 Å². The Morgan fingerprint density at radius 1 is 1.25 bits per heavy atom. The molecule has 3 rings (SSSR count). The number of nitrogens with zero attached hydrogens (tertiary/aromatic N) is 3. The van der Waals surface area contributed by atoms with E-state index in [-0.39, 0.29) is 29.7 Å². The summed E-state index contributed by atoms with van der Waals surface area (Å²) in [6.45, 7) is 5.99. The van der Waals surface area contributed by atoms with Crippen molar-refractivity contribution >= 4 is 53.1 Å². The van der Waals surface area contributed by atoms with Crippen molar-refractivity contribution in [2.45, 2.75) is 13.5 Å². The van der Waals surface area contributed by atoms with E-state index in [0.717, 1.165) is 37.2 Å². The van der Waals surface area contributed by atoms with Crippen molar-refractivity contribution < 1.29 is 9.21 Å². The standard InChI is InChI=1S/C19H24ClN5O2.HI/c1-13-3-4-14(20)11-16(13)24-7-9-25(10-8-24)19(22-2)23-12-15-5-6-17(27-15)18(21)26;/h3-6,11H,7-10,12H2,1-2H3,(H2,21,26)(H,22,23);1H. The number of benzene rings is 1. The number of rotatable bonds is 4. The van der Waals surface area contributed by atoms with Crippen molar-refractivity contribution in [2.24, 2.45) is 10.7 Å². The highest BCUT2D eigenvalue weighted by Gasteiger charge is 2.21. The van der Waals surface area contributed by atoms with Gasteiger partial charge in [-0.15, -0.1) is 24.0 Å². The molecule has 152 valence electrons. The Labute approximate surface area is 186 Å². The number of aryl methyl sites for hydroxylation is 1. The quantitative estimate of drug-likeness (QED) is 0.370. The molecule has 0 spiro atoms. The van der Waals surface area contributed by atoms with Crippen molar-refractivity contribution in [1.29, 1.82) is 0 Å². The molecule has 1 saturated heterocycles. The Hall–Kier alpha value is -1.94. The molecule has 0 atom stereocenters. The average Bonchev–Trinajstić information content (AvgIpc) is 3.14. The molecular formula is C19H25ClIN5O2. The van der Waals surface area contributed by atoms with E-state index in [1.165, 1.54) is 11.3 Å². The molecule has 1 fully saturated rings. The zero-order valence-corrected chi connectivity index (χ0v) is 19.0. The lowest BCUT2D eigenvalue weighted by molar-refractivity contribution is 0.0972. The number of amides is 1. The van der Waals surface area contributed by atoms with E-state index in [4.69, 9.17) is 21.8 Å². The van der Waals surface area contributed by atoms with E-state index >= 15 is 0 Å². The van der Waals surface area contributed by atoms with E-state index in [9.17, 15) is 4.79 Å². The summed E-state index contributed by atoms with van der Waals surface area (Å²) in [6, 6.07) is 9.30. The third-order valence-corrected chi connectivity index (χ3v) is 4.86. The van der Waals surface area contributed by atoms with Gasteiger partial charge in [0.1, 0.15) is 5.76 Å². The van der Waals surface area contributed by atoms with Gasteiger partial charge in [0.25, 0.3) is 5.91 Å². The number of primary amides is 1. The largest absolute Gasteiger partial charge is 0.454 e. The number of nitrogens with one attached hydrogen (secondary N) is 1. The molecular weight excluding hydrogens is 493 g/mol. The smallest absolute Gasteiger partial charge is 0.284 e. The average molecular weight is 518 g/mol. The molecule has 2 heterocycles. The highest BCUT2D eigenvalue weighted by atomic mass is 127. The predicted octanol–water partition coefficient (Wildman–Crippen LogP) is 2.86. The maximum absolute atomic E-state index is 11.1. The van der Waals surface area contributed by atoms with Crippen LogP contribution in [0, 0.1) is 6.92 Å². The van der Waals surface area contributed by atoms with Crippen LogP contribution in [0.25, 0.3) is 0 Å². The first-order valence-electron chi connectivity index (χ1n) is 8.83. The lowest BCUT2D eigenvalue weighted by Gasteiger charge is -2.38. The van der Waals surface area contributed by atoms with Gasteiger partial charge in [-0.1, -0.05) is 17.7 Å². The van der Waals surface area contributed by atoms with Crippen LogP contribution in [0.1, 0.15) is 21.9 Å². The van der Waals surface area contributed by atoms with Gasteiger partial charge < -0.3 is 25.3 Å². The monoisotopic (exact) mass is 517 g/mol. The normalized spacial score (nSPS) is 14.6. The number of anilines is 1. The number of halogens is 2. The Balaban J connectivity index is 0.00000280. The van der Waals surface area contributed by atoms with E-state index in [0.29, 0.717) is 12.3 Å². The van der Waals surface area contributed by atoms with Gasteiger partial charge in [-0.25, -0.2) is 0 Å². The highest BCUT2D eigenvalue weighted by Crippen LogP contribution is 2.25. The lowest BCUT2D eigenvalue weighted by atomic mass is 10.1. The molecule has 0 unspecified atom stereocenters. The van der Waals surface area contributed by atoms with Crippen LogP contribution in [0.4, 0.5) is 5.69 Å². The molecule has 1 aliphatic rings. The van der Waals surface area contributed by atoms with Gasteiger partial charge in [-0.2, -0.15) is 0 Å². The number of nitrogens with two attached hydrogens (primary N) is 1. The van der Waals surface area contributed by atoms with Crippen LogP contribution in [0.15, 0.2) is 39.7 Å². The Bertz CT molecular complexity index is 847. The molecule has 3 N–H and O–H groups in total. The number of furan rings is 1. The summed E-state index contributed by atoms with van der Waals surface area (Å²) in [7, 11) is 1.76. The van der Waals surface area contributed by atoms with Gasteiger partial charge >= 0.3 is 0 Å². The van der Waals surface area contributed by atoms with Gasteiger partial charge in [0.15, 0.2) is 11.7 Å². The molecule has 0 radical (unpaired) electrons. The molecule has 28 heavy (non-hydrogen) atoms. The topological polar surface area (TPSA) is 87.1 Å². The fourth-order valence-electron chi connectivity index (χ4n) is 3.19. The Morgan fingerprint density at radius 2 is 1.96 bits per heavy atom. The maximum Gasteiger partial charge on any atom is 0.284 e. The van der Waals surface area contributed by atoms with Crippen molar-refractivity contribution in [3.05, 3.63) is 52.4 Å². The van der Waals surface area contributed by atoms with Gasteiger partial charge in [-0.3, -0.25) is 9.79 Å². The van der Waals surface area contributed by atoms with Crippen molar-refractivity contribution in [3.8, 4) is 0 Å². The first-order valence-corrected chi connectivity index (χ1v) is 9.21. The molecule has 9 heteroatoms. The third-order valence-electron chi connectivity index (χ3n) is 4.63. The van der Waals surface area contributed by atoms with Gasteiger partial charge in [0, 0.05) is 43.9 Å². The minimum Gasteiger partial charge on any atom is -0.454 e. The first-order chi connectivity index (χ1) is 13.0. The summed E-state index contributed by atoms with van der Waals surface area (Å²) in [5, 5.41) is 4.03. The predicted molar refractivity (Wildman–Crippen MR) is 123 cm³/mol. The fraction of sp³-hybridized carbons (Fsp3) is 0.368. The molecule has 1 aromatic heterocycles. The SMILES string of the molecule is CN=C(NCc1ccc(C(N)=O)o1)N1CCN(c2cc(Cl)ccc2C)CC1.I. The number of hydrogen-bond donors (Lipinski definition) is 2. The molecule has 0 saturated carbocycles. The molecule has 1 aromatic carbocycles. The molecule has 2 aromatic rings. The zero-order chi connectivity index (χ0) is 19.4. The summed E-state index contributed by atoms with van der Waals surface area (Å²) in [4.78, 5) is 20.0. The van der Waals surface area contributed by atoms with Crippen LogP contribution in [0.2, 0.25) is 5.02 Å². The first kappa shape index (κ1) is 22.4. The summed E-state index contributed by atoms with van der Waals surface area (Å²) in [5.74, 6) is 1.03. The van der Waals surface area contributed by atoms with Gasteiger partial charge in [-0.05, 0) is 36.8 Å². The number of piperazine rings is 1. The minimum atomic E-state index is -0.571. The number of aliphatic imine (C=N–C) groups is 1. The van der Waals surface area contributed by atoms with E-state index in [2.05, 4.69) is 27.0 Å².